The maximum Gasteiger partial charge on any atom is 0.240 e. The molecule has 2 rings (SSSR count). The number of amides is 1. The second-order valence-electron chi connectivity index (χ2n) is 4.41. The molecular formula is C16H14ClFN2O. The van der Waals surface area contributed by atoms with Crippen LogP contribution in [-0.4, -0.2) is 12.1 Å². The van der Waals surface area contributed by atoms with Crippen molar-refractivity contribution in [2.24, 2.45) is 5.10 Å². The molecule has 0 bridgehead atoms. The van der Waals surface area contributed by atoms with E-state index in [1.807, 2.05) is 30.3 Å². The molecule has 0 aromatic heterocycles. The van der Waals surface area contributed by atoms with Crippen LogP contribution >= 0.6 is 11.6 Å². The molecule has 108 valence electrons. The van der Waals surface area contributed by atoms with E-state index in [2.05, 4.69) is 10.5 Å². The summed E-state index contributed by atoms with van der Waals surface area (Å²) in [5.74, 6) is -0.715. The molecule has 0 atom stereocenters. The number of hydrogen-bond acceptors (Lipinski definition) is 2. The number of nitrogens with zero attached hydrogens (tertiary/aromatic N) is 1. The fourth-order valence-electron chi connectivity index (χ4n) is 1.76. The Bertz CT molecular complexity index is 624. The highest BCUT2D eigenvalue weighted by molar-refractivity contribution is 6.33. The summed E-state index contributed by atoms with van der Waals surface area (Å²) in [6.45, 7) is 0. The van der Waals surface area contributed by atoms with Gasteiger partial charge in [0.05, 0.1) is 11.2 Å². The van der Waals surface area contributed by atoms with Crippen LogP contribution in [-0.2, 0) is 11.2 Å². The number of halogens is 2. The van der Waals surface area contributed by atoms with E-state index in [0.717, 1.165) is 5.56 Å². The van der Waals surface area contributed by atoms with Crippen LogP contribution in [0.15, 0.2) is 53.6 Å². The molecule has 0 aliphatic rings. The van der Waals surface area contributed by atoms with Gasteiger partial charge in [-0.1, -0.05) is 48.0 Å². The van der Waals surface area contributed by atoms with Gasteiger partial charge in [-0.3, -0.25) is 4.79 Å². The third kappa shape index (κ3) is 4.68. The number of rotatable bonds is 5. The number of hydrogen-bond donors (Lipinski definition) is 1. The minimum absolute atomic E-state index is 0.155. The molecule has 1 N–H and O–H groups in total. The highest BCUT2D eigenvalue weighted by Crippen LogP contribution is 2.16. The van der Waals surface area contributed by atoms with Gasteiger partial charge in [-0.05, 0) is 24.1 Å². The average molecular weight is 305 g/mol. The first-order chi connectivity index (χ1) is 10.2. The third-order valence-electron chi connectivity index (χ3n) is 2.87. The van der Waals surface area contributed by atoms with Gasteiger partial charge in [0, 0.05) is 12.0 Å². The lowest BCUT2D eigenvalue weighted by Crippen LogP contribution is -2.18. The van der Waals surface area contributed by atoms with Crippen LogP contribution < -0.4 is 5.43 Å². The summed E-state index contributed by atoms with van der Waals surface area (Å²) in [5, 5.41) is 3.97. The number of carbonyl (C=O) groups excluding carboxylic acids is 1. The fourth-order valence-corrected chi connectivity index (χ4v) is 1.97. The summed E-state index contributed by atoms with van der Waals surface area (Å²) >= 11 is 5.84. The molecule has 0 spiro atoms. The second kappa shape index (κ2) is 7.55. The van der Waals surface area contributed by atoms with Gasteiger partial charge in [-0.2, -0.15) is 5.10 Å². The Morgan fingerprint density at radius 2 is 1.95 bits per heavy atom. The molecule has 2 aromatic carbocycles. The molecule has 0 unspecified atom stereocenters. The standard InChI is InChI=1S/C16H14ClFN2O/c17-14-7-4-8-15(18)13(14)11-19-20-16(21)10-9-12-5-2-1-3-6-12/h1-8,11H,9-10H2,(H,20,21)/b19-11-. The number of nitrogens with one attached hydrogen (secondary N) is 1. The Morgan fingerprint density at radius 3 is 2.67 bits per heavy atom. The van der Waals surface area contributed by atoms with E-state index in [-0.39, 0.29) is 16.5 Å². The van der Waals surface area contributed by atoms with Crippen molar-refractivity contribution in [1.82, 2.24) is 5.43 Å². The lowest BCUT2D eigenvalue weighted by atomic mass is 10.1. The van der Waals surface area contributed by atoms with Crippen molar-refractivity contribution < 1.29 is 9.18 Å². The highest BCUT2D eigenvalue weighted by Gasteiger charge is 2.04. The molecule has 0 aliphatic heterocycles. The maximum absolute atomic E-state index is 13.5. The lowest BCUT2D eigenvalue weighted by molar-refractivity contribution is -0.121. The Kier molecular flexibility index (Phi) is 5.46. The fraction of sp³-hybridized carbons (Fsp3) is 0.125. The van der Waals surface area contributed by atoms with Crippen molar-refractivity contribution in [2.45, 2.75) is 12.8 Å². The zero-order chi connectivity index (χ0) is 15.1. The quantitative estimate of drug-likeness (QED) is 0.666. The molecule has 0 heterocycles. The van der Waals surface area contributed by atoms with Gasteiger partial charge in [0.1, 0.15) is 5.82 Å². The molecule has 0 saturated heterocycles. The van der Waals surface area contributed by atoms with Crippen LogP contribution in [0.25, 0.3) is 0 Å². The minimum atomic E-state index is -0.482. The smallest absolute Gasteiger partial charge is 0.240 e. The van der Waals surface area contributed by atoms with Crippen molar-refractivity contribution in [3.63, 3.8) is 0 Å². The van der Waals surface area contributed by atoms with Crippen molar-refractivity contribution in [3.05, 3.63) is 70.5 Å². The third-order valence-corrected chi connectivity index (χ3v) is 3.20. The van der Waals surface area contributed by atoms with E-state index >= 15 is 0 Å². The Balaban J connectivity index is 1.85. The van der Waals surface area contributed by atoms with Crippen LogP contribution in [0.3, 0.4) is 0 Å². The van der Waals surface area contributed by atoms with E-state index in [4.69, 9.17) is 11.6 Å². The van der Waals surface area contributed by atoms with Crippen LogP contribution in [0.1, 0.15) is 17.5 Å². The Hall–Kier alpha value is -2.20. The Morgan fingerprint density at radius 1 is 1.19 bits per heavy atom. The minimum Gasteiger partial charge on any atom is -0.273 e. The number of aryl methyl sites for hydroxylation is 1. The van der Waals surface area contributed by atoms with Gasteiger partial charge >= 0.3 is 0 Å². The molecule has 0 aliphatic carbocycles. The number of carbonyl (C=O) groups is 1. The summed E-state index contributed by atoms with van der Waals surface area (Å²) < 4.78 is 13.5. The van der Waals surface area contributed by atoms with E-state index in [1.165, 1.54) is 18.3 Å². The maximum atomic E-state index is 13.5. The first-order valence-corrected chi connectivity index (χ1v) is 6.84. The Labute approximate surface area is 127 Å². The summed E-state index contributed by atoms with van der Waals surface area (Å²) in [6.07, 6.45) is 2.15. The molecule has 0 radical (unpaired) electrons. The van der Waals surface area contributed by atoms with Crippen molar-refractivity contribution in [2.75, 3.05) is 0 Å². The molecule has 0 saturated carbocycles. The van der Waals surface area contributed by atoms with Crippen molar-refractivity contribution in [1.29, 1.82) is 0 Å². The molecule has 5 heteroatoms. The topological polar surface area (TPSA) is 41.5 Å². The van der Waals surface area contributed by atoms with Crippen LogP contribution in [0, 0.1) is 5.82 Å². The predicted molar refractivity (Wildman–Crippen MR) is 81.9 cm³/mol. The van der Waals surface area contributed by atoms with Gasteiger partial charge < -0.3 is 0 Å². The van der Waals surface area contributed by atoms with Crippen LogP contribution in [0.5, 0.6) is 0 Å². The highest BCUT2D eigenvalue weighted by atomic mass is 35.5. The van der Waals surface area contributed by atoms with E-state index in [1.54, 1.807) is 6.07 Å². The molecule has 21 heavy (non-hydrogen) atoms. The normalized spacial score (nSPS) is 10.8. The first kappa shape index (κ1) is 15.2. The predicted octanol–water partition coefficient (Wildman–Crippen LogP) is 3.56. The largest absolute Gasteiger partial charge is 0.273 e. The number of benzene rings is 2. The second-order valence-corrected chi connectivity index (χ2v) is 4.82. The van der Waals surface area contributed by atoms with Gasteiger partial charge in [0.15, 0.2) is 0 Å². The van der Waals surface area contributed by atoms with Crippen molar-refractivity contribution >= 4 is 23.7 Å². The molecule has 0 fully saturated rings. The lowest BCUT2D eigenvalue weighted by Gasteiger charge is -2.01. The van der Waals surface area contributed by atoms with Crippen molar-refractivity contribution in [3.8, 4) is 0 Å². The van der Waals surface area contributed by atoms with E-state index in [9.17, 15) is 9.18 Å². The van der Waals surface area contributed by atoms with Gasteiger partial charge in [0.25, 0.3) is 0 Å². The van der Waals surface area contributed by atoms with Crippen LogP contribution in [0.4, 0.5) is 4.39 Å². The molecule has 2 aromatic rings. The zero-order valence-electron chi connectivity index (χ0n) is 11.2. The zero-order valence-corrected chi connectivity index (χ0v) is 12.0. The van der Waals surface area contributed by atoms with E-state index in [0.29, 0.717) is 12.8 Å². The van der Waals surface area contributed by atoms with Crippen LogP contribution in [0.2, 0.25) is 5.02 Å². The SMILES string of the molecule is O=C(CCc1ccccc1)N/N=C\c1c(F)cccc1Cl. The summed E-state index contributed by atoms with van der Waals surface area (Å²) in [4.78, 5) is 11.6. The monoisotopic (exact) mass is 304 g/mol. The first-order valence-electron chi connectivity index (χ1n) is 6.46. The van der Waals surface area contributed by atoms with E-state index < -0.39 is 5.82 Å². The van der Waals surface area contributed by atoms with Gasteiger partial charge in [-0.25, -0.2) is 9.82 Å². The molecular weight excluding hydrogens is 291 g/mol. The summed E-state index contributed by atoms with van der Waals surface area (Å²) in [5.41, 5.74) is 3.59. The molecule has 3 nitrogen and oxygen atoms in total. The van der Waals surface area contributed by atoms with Gasteiger partial charge in [0.2, 0.25) is 5.91 Å². The number of hydrazone groups is 1. The summed E-state index contributed by atoms with van der Waals surface area (Å²) in [6, 6.07) is 14.0. The average Bonchev–Trinajstić information content (AvgIpc) is 2.49. The van der Waals surface area contributed by atoms with Gasteiger partial charge in [-0.15, -0.1) is 0 Å². The summed E-state index contributed by atoms with van der Waals surface area (Å²) in [7, 11) is 0. The molecule has 1 amide bonds.